The minimum Gasteiger partial charge on any atom is -0.497 e. The van der Waals surface area contributed by atoms with Gasteiger partial charge in [0.2, 0.25) is 5.78 Å². The molecule has 0 radical (unpaired) electrons. The molecule has 0 heterocycles. The molecule has 0 saturated carbocycles. The number of esters is 1. The smallest absolute Gasteiger partial charge is 0.331 e. The Bertz CT molecular complexity index is 714. The number of benzene rings is 2. The molecule has 0 saturated heterocycles. The van der Waals surface area contributed by atoms with Gasteiger partial charge in [0.05, 0.1) is 14.2 Å². The highest BCUT2D eigenvalue weighted by atomic mass is 16.5. The minimum atomic E-state index is -1.08. The summed E-state index contributed by atoms with van der Waals surface area (Å²) in [7, 11) is 2.99. The van der Waals surface area contributed by atoms with Crippen molar-refractivity contribution in [2.45, 2.75) is 6.10 Å². The molecule has 0 N–H and O–H groups in total. The zero-order chi connectivity index (χ0) is 17.5. The van der Waals surface area contributed by atoms with Gasteiger partial charge in [-0.25, -0.2) is 4.79 Å². The predicted octanol–water partition coefficient (Wildman–Crippen LogP) is 3.36. The second-order valence-electron chi connectivity index (χ2n) is 4.90. The molecule has 5 nitrogen and oxygen atoms in total. The molecular formula is C19H18O5. The van der Waals surface area contributed by atoms with Gasteiger partial charge in [-0.1, -0.05) is 36.9 Å². The Morgan fingerprint density at radius 1 is 1.00 bits per heavy atom. The summed E-state index contributed by atoms with van der Waals surface area (Å²) in [5.41, 5.74) is 0.886. The molecule has 0 amide bonds. The molecular weight excluding hydrogens is 308 g/mol. The van der Waals surface area contributed by atoms with Gasteiger partial charge in [-0.15, -0.1) is 0 Å². The molecule has 0 aromatic heterocycles. The molecule has 2 aromatic carbocycles. The van der Waals surface area contributed by atoms with Crippen LogP contribution in [0.25, 0.3) is 0 Å². The van der Waals surface area contributed by atoms with Crippen LogP contribution < -0.4 is 9.47 Å². The summed E-state index contributed by atoms with van der Waals surface area (Å²) in [5, 5.41) is 0. The third-order valence-electron chi connectivity index (χ3n) is 3.38. The Kier molecular flexibility index (Phi) is 5.73. The van der Waals surface area contributed by atoms with Gasteiger partial charge in [-0.05, 0) is 12.1 Å². The average Bonchev–Trinajstić information content (AvgIpc) is 2.65. The topological polar surface area (TPSA) is 61.8 Å². The van der Waals surface area contributed by atoms with E-state index in [0.29, 0.717) is 22.6 Å². The number of Topliss-reactive ketones (excluding diaryl/α,β-unsaturated/α-hetero) is 1. The van der Waals surface area contributed by atoms with E-state index in [1.165, 1.54) is 14.2 Å². The molecule has 0 aliphatic carbocycles. The monoisotopic (exact) mass is 326 g/mol. The number of hydrogen-bond acceptors (Lipinski definition) is 5. The normalized spacial score (nSPS) is 11.2. The lowest BCUT2D eigenvalue weighted by atomic mass is 9.99. The minimum absolute atomic E-state index is 0.317. The number of carbonyl (C=O) groups is 2. The fraction of sp³-hybridized carbons (Fsp3) is 0.158. The van der Waals surface area contributed by atoms with Crippen molar-refractivity contribution in [1.82, 2.24) is 0 Å². The van der Waals surface area contributed by atoms with Crippen molar-refractivity contribution < 1.29 is 23.8 Å². The number of hydrogen-bond donors (Lipinski definition) is 0. The van der Waals surface area contributed by atoms with Gasteiger partial charge in [-0.3, -0.25) is 4.79 Å². The highest BCUT2D eigenvalue weighted by molar-refractivity contribution is 6.02. The van der Waals surface area contributed by atoms with Crippen LogP contribution in [0.4, 0.5) is 0 Å². The van der Waals surface area contributed by atoms with Crippen LogP contribution in [0.5, 0.6) is 11.5 Å². The zero-order valence-corrected chi connectivity index (χ0v) is 13.5. The van der Waals surface area contributed by atoms with E-state index in [0.717, 1.165) is 6.08 Å². The van der Waals surface area contributed by atoms with Gasteiger partial charge >= 0.3 is 5.97 Å². The number of ether oxygens (including phenoxy) is 3. The van der Waals surface area contributed by atoms with Crippen molar-refractivity contribution >= 4 is 11.8 Å². The Balaban J connectivity index is 2.44. The van der Waals surface area contributed by atoms with E-state index in [1.807, 2.05) is 6.07 Å². The molecule has 2 aromatic rings. The highest BCUT2D eigenvalue weighted by Gasteiger charge is 2.26. The van der Waals surface area contributed by atoms with Gasteiger partial charge < -0.3 is 14.2 Å². The summed E-state index contributed by atoms with van der Waals surface area (Å²) >= 11 is 0. The molecule has 0 spiro atoms. The van der Waals surface area contributed by atoms with Gasteiger partial charge in [0.1, 0.15) is 11.5 Å². The summed E-state index contributed by atoms with van der Waals surface area (Å²) in [6, 6.07) is 13.6. The van der Waals surface area contributed by atoms with E-state index < -0.39 is 12.1 Å². The largest absolute Gasteiger partial charge is 0.497 e. The van der Waals surface area contributed by atoms with Crippen molar-refractivity contribution in [3.05, 3.63) is 72.3 Å². The predicted molar refractivity (Wildman–Crippen MR) is 89.3 cm³/mol. The Morgan fingerprint density at radius 2 is 1.58 bits per heavy atom. The average molecular weight is 326 g/mol. The first-order chi connectivity index (χ1) is 11.6. The van der Waals surface area contributed by atoms with Crippen molar-refractivity contribution in [2.75, 3.05) is 14.2 Å². The number of methoxy groups -OCH3 is 2. The summed E-state index contributed by atoms with van der Waals surface area (Å²) < 4.78 is 15.6. The number of carbonyl (C=O) groups excluding carboxylic acids is 2. The second kappa shape index (κ2) is 7.97. The lowest BCUT2D eigenvalue weighted by molar-refractivity contribution is -0.141. The molecule has 1 unspecified atom stereocenters. The van der Waals surface area contributed by atoms with E-state index in [2.05, 4.69) is 6.58 Å². The summed E-state index contributed by atoms with van der Waals surface area (Å²) in [6.07, 6.45) is -0.0523. The van der Waals surface area contributed by atoms with Gasteiger partial charge in [0.25, 0.3) is 0 Å². The van der Waals surface area contributed by atoms with Crippen molar-refractivity contribution in [3.63, 3.8) is 0 Å². The molecule has 0 bridgehead atoms. The standard InChI is InChI=1S/C19H18O5/c1-4-17(20)24-19(13-8-6-5-7-9-13)18(21)14-10-15(22-2)12-16(11-14)23-3/h4-12,19H,1H2,2-3H3. The number of rotatable bonds is 7. The van der Waals surface area contributed by atoms with Crippen LogP contribution in [-0.2, 0) is 9.53 Å². The third-order valence-corrected chi connectivity index (χ3v) is 3.38. The molecule has 0 aliphatic rings. The van der Waals surface area contributed by atoms with E-state index in [-0.39, 0.29) is 5.78 Å². The van der Waals surface area contributed by atoms with Crippen LogP contribution in [0.2, 0.25) is 0 Å². The van der Waals surface area contributed by atoms with E-state index >= 15 is 0 Å². The lowest BCUT2D eigenvalue weighted by Crippen LogP contribution is -2.19. The van der Waals surface area contributed by atoms with Gasteiger partial charge in [0, 0.05) is 23.3 Å². The van der Waals surface area contributed by atoms with Crippen LogP contribution in [0, 0.1) is 0 Å². The lowest BCUT2D eigenvalue weighted by Gasteiger charge is -2.17. The van der Waals surface area contributed by atoms with E-state index in [1.54, 1.807) is 42.5 Å². The van der Waals surface area contributed by atoms with Crippen molar-refractivity contribution in [3.8, 4) is 11.5 Å². The molecule has 1 atom stereocenters. The fourth-order valence-corrected chi connectivity index (χ4v) is 2.17. The molecule has 0 aliphatic heterocycles. The van der Waals surface area contributed by atoms with Gasteiger partial charge in [0.15, 0.2) is 6.10 Å². The van der Waals surface area contributed by atoms with Crippen LogP contribution in [0.3, 0.4) is 0 Å². The molecule has 0 fully saturated rings. The maximum atomic E-state index is 12.9. The quantitative estimate of drug-likeness (QED) is 0.443. The first kappa shape index (κ1) is 17.3. The number of ketones is 1. The first-order valence-electron chi connectivity index (χ1n) is 7.24. The maximum Gasteiger partial charge on any atom is 0.331 e. The van der Waals surface area contributed by atoms with Crippen molar-refractivity contribution in [1.29, 1.82) is 0 Å². The molecule has 24 heavy (non-hydrogen) atoms. The van der Waals surface area contributed by atoms with E-state index in [4.69, 9.17) is 14.2 Å². The first-order valence-corrected chi connectivity index (χ1v) is 7.24. The van der Waals surface area contributed by atoms with Crippen molar-refractivity contribution in [2.24, 2.45) is 0 Å². The highest BCUT2D eigenvalue weighted by Crippen LogP contribution is 2.28. The maximum absolute atomic E-state index is 12.9. The van der Waals surface area contributed by atoms with Gasteiger partial charge in [-0.2, -0.15) is 0 Å². The summed E-state index contributed by atoms with van der Waals surface area (Å²) in [6.45, 7) is 3.37. The summed E-state index contributed by atoms with van der Waals surface area (Å²) in [4.78, 5) is 24.5. The Morgan fingerprint density at radius 3 is 2.08 bits per heavy atom. The Hall–Kier alpha value is -3.08. The molecule has 5 heteroatoms. The zero-order valence-electron chi connectivity index (χ0n) is 13.5. The SMILES string of the molecule is C=CC(=O)OC(C(=O)c1cc(OC)cc(OC)c1)c1ccccc1. The van der Waals surface area contributed by atoms with E-state index in [9.17, 15) is 9.59 Å². The van der Waals surface area contributed by atoms with Crippen LogP contribution in [0.15, 0.2) is 61.2 Å². The van der Waals surface area contributed by atoms with Crippen LogP contribution in [0.1, 0.15) is 22.0 Å². The third kappa shape index (κ3) is 4.01. The second-order valence-corrected chi connectivity index (χ2v) is 4.90. The molecule has 2 rings (SSSR count). The molecule has 124 valence electrons. The van der Waals surface area contributed by atoms with Crippen LogP contribution >= 0.6 is 0 Å². The fourth-order valence-electron chi connectivity index (χ4n) is 2.17. The summed E-state index contributed by atoms with van der Waals surface area (Å²) in [5.74, 6) is -0.111. The van der Waals surface area contributed by atoms with Crippen LogP contribution in [-0.4, -0.2) is 26.0 Å². The Labute approximate surface area is 140 Å².